The smallest absolute Gasteiger partial charge is 0.113 e. The Morgan fingerprint density at radius 3 is 1.71 bits per heavy atom. The van der Waals surface area contributed by atoms with E-state index in [1.54, 1.807) is 0 Å². The third-order valence-electron chi connectivity index (χ3n) is 4.73. The Hall–Kier alpha value is -0.266. The van der Waals surface area contributed by atoms with Crippen molar-refractivity contribution < 1.29 is 0 Å². The largest absolute Gasteiger partial charge is 0.355 e. The minimum absolute atomic E-state index is 0.489. The van der Waals surface area contributed by atoms with Crippen molar-refractivity contribution >= 4 is 16.5 Å². The number of rotatable bonds is 5. The number of hydrogen-bond acceptors (Lipinski definition) is 3. The minimum atomic E-state index is -1.30. The Labute approximate surface area is 135 Å². The van der Waals surface area contributed by atoms with Crippen LogP contribution >= 0.6 is 0 Å². The van der Waals surface area contributed by atoms with Crippen molar-refractivity contribution in [1.82, 2.24) is 14.0 Å². The molecule has 0 aromatic heterocycles. The van der Waals surface area contributed by atoms with Crippen molar-refractivity contribution in [3.8, 4) is 0 Å². The van der Waals surface area contributed by atoms with Gasteiger partial charge in [0.25, 0.3) is 0 Å². The van der Waals surface area contributed by atoms with Crippen LogP contribution in [0, 0.1) is 0 Å². The fourth-order valence-corrected chi connectivity index (χ4v) is 13.2. The van der Waals surface area contributed by atoms with Crippen molar-refractivity contribution in [3.63, 3.8) is 0 Å². The maximum absolute atomic E-state index is 2.91. The predicted molar refractivity (Wildman–Crippen MR) is 100 cm³/mol. The zero-order valence-electron chi connectivity index (χ0n) is 16.2. The summed E-state index contributed by atoms with van der Waals surface area (Å²) in [5.41, 5.74) is 2.88. The van der Waals surface area contributed by atoms with Crippen LogP contribution in [0.1, 0.15) is 27.7 Å². The van der Waals surface area contributed by atoms with Gasteiger partial charge in [0.05, 0.1) is 0 Å². The lowest BCUT2D eigenvalue weighted by Gasteiger charge is -2.48. The summed E-state index contributed by atoms with van der Waals surface area (Å²) >= 11 is 0. The molecule has 1 atom stereocenters. The summed E-state index contributed by atoms with van der Waals surface area (Å²) in [6.07, 6.45) is 0.489. The van der Waals surface area contributed by atoms with Gasteiger partial charge < -0.3 is 14.0 Å². The highest BCUT2D eigenvalue weighted by Crippen LogP contribution is 2.32. The summed E-state index contributed by atoms with van der Waals surface area (Å²) in [7, 11) is -0.346. The first-order chi connectivity index (χ1) is 9.28. The summed E-state index contributed by atoms with van der Waals surface area (Å²) in [6.45, 7) is 25.3. The molecule has 1 aliphatic rings. The van der Waals surface area contributed by atoms with Crippen molar-refractivity contribution in [2.24, 2.45) is 0 Å². The molecule has 3 nitrogen and oxygen atoms in total. The van der Waals surface area contributed by atoms with Gasteiger partial charge in [0.1, 0.15) is 22.6 Å². The summed E-state index contributed by atoms with van der Waals surface area (Å²) in [5.74, 6) is 0. The van der Waals surface area contributed by atoms with E-state index in [1.165, 1.54) is 17.9 Å². The number of hydrogen-bond donors (Lipinski definition) is 0. The maximum Gasteiger partial charge on any atom is 0.113 e. The highest BCUT2D eigenvalue weighted by atomic mass is 28.4. The molecule has 0 saturated heterocycles. The number of nitrogens with zero attached hydrogens (tertiary/aromatic N) is 3. The summed E-state index contributed by atoms with van der Waals surface area (Å²) in [5, 5.41) is 0. The second-order valence-corrected chi connectivity index (χ2v) is 18.9. The van der Waals surface area contributed by atoms with Crippen LogP contribution in [0.15, 0.2) is 11.4 Å². The fourth-order valence-electron chi connectivity index (χ4n) is 3.73. The van der Waals surface area contributed by atoms with E-state index in [-0.39, 0.29) is 0 Å². The average molecular weight is 328 g/mol. The molecule has 1 unspecified atom stereocenters. The van der Waals surface area contributed by atoms with E-state index in [2.05, 4.69) is 88.1 Å². The molecule has 0 aromatic carbocycles. The van der Waals surface area contributed by atoms with Gasteiger partial charge in [-0.25, -0.2) is 0 Å². The second-order valence-electron chi connectivity index (χ2n) is 8.72. The SMILES string of the molecule is CC1=C(C)N(C(C)C)C(CN([Si](C)(C)C)[Si](C)(C)C)N1C. The Bertz CT molecular complexity index is 391. The molecule has 0 aliphatic carbocycles. The third-order valence-corrected chi connectivity index (χ3v) is 12.4. The van der Waals surface area contributed by atoms with Crippen LogP contribution in [0.2, 0.25) is 39.3 Å². The van der Waals surface area contributed by atoms with Crippen LogP contribution < -0.4 is 0 Å². The van der Waals surface area contributed by atoms with Crippen molar-refractivity contribution in [1.29, 1.82) is 0 Å². The molecule has 0 saturated carbocycles. The van der Waals surface area contributed by atoms with Crippen LogP contribution in [0.3, 0.4) is 0 Å². The van der Waals surface area contributed by atoms with E-state index < -0.39 is 16.5 Å². The van der Waals surface area contributed by atoms with Crippen LogP contribution in [0.5, 0.6) is 0 Å². The molecule has 0 fully saturated rings. The Morgan fingerprint density at radius 2 is 1.38 bits per heavy atom. The summed E-state index contributed by atoms with van der Waals surface area (Å²) in [4.78, 5) is 5.10. The highest BCUT2D eigenvalue weighted by Gasteiger charge is 2.41. The van der Waals surface area contributed by atoms with Crippen LogP contribution in [0.4, 0.5) is 0 Å². The third kappa shape index (κ3) is 3.93. The molecule has 0 aromatic rings. The van der Waals surface area contributed by atoms with E-state index in [9.17, 15) is 0 Å². The van der Waals surface area contributed by atoms with Gasteiger partial charge in [-0.1, -0.05) is 39.3 Å². The molecule has 0 radical (unpaired) electrons. The monoisotopic (exact) mass is 327 g/mol. The zero-order chi connectivity index (χ0) is 16.7. The van der Waals surface area contributed by atoms with Crippen molar-refractivity contribution in [2.75, 3.05) is 13.6 Å². The Morgan fingerprint density at radius 1 is 0.952 bits per heavy atom. The number of allylic oxidation sites excluding steroid dienone is 2. The molecule has 0 amide bonds. The van der Waals surface area contributed by atoms with E-state index in [0.717, 1.165) is 0 Å². The molecule has 124 valence electrons. The van der Waals surface area contributed by atoms with Gasteiger partial charge in [0.15, 0.2) is 0 Å². The molecule has 1 aliphatic heterocycles. The molecule has 1 heterocycles. The van der Waals surface area contributed by atoms with E-state index in [4.69, 9.17) is 0 Å². The van der Waals surface area contributed by atoms with Gasteiger partial charge in [-0.2, -0.15) is 0 Å². The molecule has 21 heavy (non-hydrogen) atoms. The molecule has 1 rings (SSSR count). The van der Waals surface area contributed by atoms with Crippen LogP contribution in [0.25, 0.3) is 0 Å². The fraction of sp³-hybridized carbons (Fsp3) is 0.875. The minimum Gasteiger partial charge on any atom is -0.355 e. The van der Waals surface area contributed by atoms with Gasteiger partial charge in [0.2, 0.25) is 0 Å². The van der Waals surface area contributed by atoms with Gasteiger partial charge in [0, 0.05) is 31.0 Å². The Kier molecular flexibility index (Phi) is 5.44. The first-order valence-electron chi connectivity index (χ1n) is 8.25. The summed E-state index contributed by atoms with van der Waals surface area (Å²) < 4.78 is 2.91. The van der Waals surface area contributed by atoms with E-state index in [1.807, 2.05) is 0 Å². The van der Waals surface area contributed by atoms with Crippen LogP contribution in [-0.4, -0.2) is 56.3 Å². The maximum atomic E-state index is 2.91. The molecule has 0 spiro atoms. The summed E-state index contributed by atoms with van der Waals surface area (Å²) in [6, 6.07) is 0.556. The van der Waals surface area contributed by atoms with Crippen molar-refractivity contribution in [2.45, 2.75) is 79.2 Å². The lowest BCUT2D eigenvalue weighted by molar-refractivity contribution is 0.120. The van der Waals surface area contributed by atoms with E-state index in [0.29, 0.717) is 12.2 Å². The molecular weight excluding hydrogens is 290 g/mol. The van der Waals surface area contributed by atoms with Gasteiger partial charge in [-0.3, -0.25) is 0 Å². The van der Waals surface area contributed by atoms with Crippen LogP contribution in [-0.2, 0) is 0 Å². The van der Waals surface area contributed by atoms with Gasteiger partial charge in [-0.05, 0) is 27.7 Å². The topological polar surface area (TPSA) is 9.72 Å². The normalized spacial score (nSPS) is 21.3. The quantitative estimate of drug-likeness (QED) is 0.701. The molecular formula is C16H37N3Si2. The van der Waals surface area contributed by atoms with Crippen molar-refractivity contribution in [3.05, 3.63) is 11.4 Å². The van der Waals surface area contributed by atoms with Gasteiger partial charge in [-0.15, -0.1) is 0 Å². The lowest BCUT2D eigenvalue weighted by Crippen LogP contribution is -2.64. The lowest BCUT2D eigenvalue weighted by atomic mass is 10.2. The standard InChI is InChI=1S/C16H37N3Si2/c1-13(2)19-15(4)14(3)17(5)16(19)12-18(20(6,7)8)21(9,10)11/h13,16H,12H2,1-11H3. The molecule has 5 heteroatoms. The first-order valence-corrected chi connectivity index (χ1v) is 15.1. The van der Waals surface area contributed by atoms with E-state index >= 15 is 0 Å². The van der Waals surface area contributed by atoms with Gasteiger partial charge >= 0.3 is 0 Å². The zero-order valence-corrected chi connectivity index (χ0v) is 18.2. The Balaban J connectivity index is 3.09. The average Bonchev–Trinajstić information content (AvgIpc) is 2.47. The second kappa shape index (κ2) is 6.09. The number of likely N-dealkylation sites (N-methyl/N-ethyl adjacent to an activating group) is 1. The predicted octanol–water partition coefficient (Wildman–Crippen LogP) is 4.19. The highest BCUT2D eigenvalue weighted by molar-refractivity contribution is 6.89. The molecule has 0 N–H and O–H groups in total. The molecule has 0 bridgehead atoms. The first kappa shape index (κ1) is 18.8.